The van der Waals surface area contributed by atoms with Crippen LogP contribution in [0.4, 0.5) is 4.79 Å². The predicted molar refractivity (Wildman–Crippen MR) is 66.5 cm³/mol. The molecule has 2 amide bonds. The molecular weight excluding hydrogens is 252 g/mol. The fourth-order valence-electron chi connectivity index (χ4n) is 1.79. The Morgan fingerprint density at radius 3 is 2.42 bits per heavy atom. The van der Waals surface area contributed by atoms with Crippen molar-refractivity contribution >= 4 is 18.0 Å². The summed E-state index contributed by atoms with van der Waals surface area (Å²) in [5.41, 5.74) is 0. The van der Waals surface area contributed by atoms with Crippen LogP contribution in [0.25, 0.3) is 0 Å². The number of methoxy groups -OCH3 is 1. The highest BCUT2D eigenvalue weighted by atomic mass is 16.5. The van der Waals surface area contributed by atoms with E-state index in [9.17, 15) is 14.4 Å². The zero-order valence-corrected chi connectivity index (χ0v) is 11.1. The lowest BCUT2D eigenvalue weighted by Crippen LogP contribution is -2.49. The van der Waals surface area contributed by atoms with E-state index in [4.69, 9.17) is 5.11 Å². The van der Waals surface area contributed by atoms with Crippen LogP contribution in [0.1, 0.15) is 32.6 Å². The molecule has 0 saturated heterocycles. The monoisotopic (exact) mass is 272 g/mol. The first-order valence-corrected chi connectivity index (χ1v) is 6.29. The molecule has 1 unspecified atom stereocenters. The van der Waals surface area contributed by atoms with Crippen molar-refractivity contribution in [1.29, 1.82) is 0 Å². The van der Waals surface area contributed by atoms with Crippen molar-refractivity contribution in [2.75, 3.05) is 7.11 Å². The van der Waals surface area contributed by atoms with E-state index in [1.807, 2.05) is 6.92 Å². The Hall–Kier alpha value is -1.79. The molecule has 0 aliphatic heterocycles. The number of carbonyl (C=O) groups is 3. The van der Waals surface area contributed by atoms with Gasteiger partial charge in [0.25, 0.3) is 0 Å². The number of nitrogens with one attached hydrogen (secondary N) is 2. The van der Waals surface area contributed by atoms with Crippen molar-refractivity contribution in [3.05, 3.63) is 0 Å². The molecule has 0 spiro atoms. The van der Waals surface area contributed by atoms with Gasteiger partial charge in [-0.15, -0.1) is 0 Å². The zero-order chi connectivity index (χ0) is 14.4. The number of urea groups is 1. The molecule has 19 heavy (non-hydrogen) atoms. The number of carboxylic acids is 1. The van der Waals surface area contributed by atoms with Crippen LogP contribution in [0.5, 0.6) is 0 Å². The molecule has 3 N–H and O–H groups in total. The Bertz CT molecular complexity index is 354. The van der Waals surface area contributed by atoms with Crippen molar-refractivity contribution < 1.29 is 24.2 Å². The van der Waals surface area contributed by atoms with Gasteiger partial charge in [-0.25, -0.2) is 9.59 Å². The minimum atomic E-state index is -1.28. The number of esters is 1. The minimum Gasteiger partial charge on any atom is -0.480 e. The molecule has 1 saturated carbocycles. The third kappa shape index (κ3) is 6.08. The van der Waals surface area contributed by atoms with Gasteiger partial charge in [0.15, 0.2) is 0 Å². The van der Waals surface area contributed by atoms with Crippen molar-refractivity contribution in [3.63, 3.8) is 0 Å². The van der Waals surface area contributed by atoms with Gasteiger partial charge in [0.05, 0.1) is 13.5 Å². The Morgan fingerprint density at radius 2 is 1.95 bits per heavy atom. The SMILES string of the molecule is COC(=O)C[C@H](NC(=O)NC(C)CC1CC1)C(=O)O. The van der Waals surface area contributed by atoms with Crippen LogP contribution >= 0.6 is 0 Å². The van der Waals surface area contributed by atoms with Crippen LogP contribution in [-0.4, -0.2) is 42.3 Å². The maximum Gasteiger partial charge on any atom is 0.326 e. The summed E-state index contributed by atoms with van der Waals surface area (Å²) >= 11 is 0. The second-order valence-electron chi connectivity index (χ2n) is 4.87. The summed E-state index contributed by atoms with van der Waals surface area (Å²) in [5.74, 6) is -1.28. The fraction of sp³-hybridized carbons (Fsp3) is 0.750. The predicted octanol–water partition coefficient (Wildman–Crippen LogP) is 0.491. The summed E-state index contributed by atoms with van der Waals surface area (Å²) in [6.07, 6.45) is 2.87. The average Bonchev–Trinajstić information content (AvgIpc) is 3.11. The fourth-order valence-corrected chi connectivity index (χ4v) is 1.79. The first-order valence-electron chi connectivity index (χ1n) is 6.29. The molecule has 2 atom stereocenters. The highest BCUT2D eigenvalue weighted by Gasteiger charge is 2.26. The van der Waals surface area contributed by atoms with Gasteiger partial charge >= 0.3 is 18.0 Å². The summed E-state index contributed by atoms with van der Waals surface area (Å²) < 4.78 is 4.38. The summed E-state index contributed by atoms with van der Waals surface area (Å²) in [5, 5.41) is 13.8. The van der Waals surface area contributed by atoms with Crippen molar-refractivity contribution in [3.8, 4) is 0 Å². The van der Waals surface area contributed by atoms with E-state index in [2.05, 4.69) is 15.4 Å². The largest absolute Gasteiger partial charge is 0.480 e. The lowest BCUT2D eigenvalue weighted by Gasteiger charge is -2.17. The molecule has 0 heterocycles. The van der Waals surface area contributed by atoms with E-state index in [0.29, 0.717) is 5.92 Å². The number of carboxylic acid groups (broad SMARTS) is 1. The third-order valence-corrected chi connectivity index (χ3v) is 2.96. The van der Waals surface area contributed by atoms with Gasteiger partial charge in [0.2, 0.25) is 0 Å². The highest BCUT2D eigenvalue weighted by Crippen LogP contribution is 2.33. The Balaban J connectivity index is 2.36. The van der Waals surface area contributed by atoms with Crippen LogP contribution < -0.4 is 10.6 Å². The Labute approximate surface area is 111 Å². The van der Waals surface area contributed by atoms with E-state index >= 15 is 0 Å². The van der Waals surface area contributed by atoms with Crippen LogP contribution in [0.15, 0.2) is 0 Å². The molecule has 1 fully saturated rings. The third-order valence-electron chi connectivity index (χ3n) is 2.96. The molecule has 7 nitrogen and oxygen atoms in total. The smallest absolute Gasteiger partial charge is 0.326 e. The minimum absolute atomic E-state index is 0.0138. The maximum atomic E-state index is 11.6. The standard InChI is InChI=1S/C12H20N2O5/c1-7(5-8-3-4-8)13-12(18)14-9(11(16)17)6-10(15)19-2/h7-9H,3-6H2,1-2H3,(H,16,17)(H2,13,14,18)/t7?,9-/m0/s1. The molecule has 0 aromatic rings. The number of amides is 2. The van der Waals surface area contributed by atoms with Gasteiger partial charge in [0.1, 0.15) is 6.04 Å². The Morgan fingerprint density at radius 1 is 1.32 bits per heavy atom. The molecule has 1 aliphatic rings. The summed E-state index contributed by atoms with van der Waals surface area (Å²) in [6.45, 7) is 1.87. The molecule has 0 aromatic carbocycles. The van der Waals surface area contributed by atoms with Crippen LogP contribution in [0, 0.1) is 5.92 Å². The van der Waals surface area contributed by atoms with Gasteiger partial charge in [0, 0.05) is 6.04 Å². The van der Waals surface area contributed by atoms with Gasteiger partial charge in [-0.2, -0.15) is 0 Å². The van der Waals surface area contributed by atoms with E-state index in [0.717, 1.165) is 6.42 Å². The number of carbonyl (C=O) groups excluding carboxylic acids is 2. The van der Waals surface area contributed by atoms with E-state index in [-0.39, 0.29) is 6.04 Å². The molecular formula is C12H20N2O5. The molecule has 0 bridgehead atoms. The second kappa shape index (κ2) is 6.96. The van der Waals surface area contributed by atoms with Crippen LogP contribution in [0.3, 0.4) is 0 Å². The second-order valence-corrected chi connectivity index (χ2v) is 4.87. The van der Waals surface area contributed by atoms with Gasteiger partial charge in [-0.3, -0.25) is 4.79 Å². The number of ether oxygens (including phenoxy) is 1. The van der Waals surface area contributed by atoms with Gasteiger partial charge in [-0.1, -0.05) is 12.8 Å². The topological polar surface area (TPSA) is 105 Å². The van der Waals surface area contributed by atoms with E-state index in [1.165, 1.54) is 20.0 Å². The van der Waals surface area contributed by atoms with Crippen molar-refractivity contribution in [2.45, 2.75) is 44.7 Å². The molecule has 0 radical (unpaired) electrons. The van der Waals surface area contributed by atoms with E-state index in [1.54, 1.807) is 0 Å². The number of rotatable bonds is 7. The van der Waals surface area contributed by atoms with E-state index < -0.39 is 30.4 Å². The summed E-state index contributed by atoms with van der Waals surface area (Å²) in [6, 6.07) is -1.87. The van der Waals surface area contributed by atoms with Crippen LogP contribution in [0.2, 0.25) is 0 Å². The number of hydrogen-bond donors (Lipinski definition) is 3. The first kappa shape index (κ1) is 15.3. The molecule has 0 aromatic heterocycles. The summed E-state index contributed by atoms with van der Waals surface area (Å²) in [7, 11) is 1.17. The number of hydrogen-bond acceptors (Lipinski definition) is 4. The molecule has 7 heteroatoms. The molecule has 108 valence electrons. The lowest BCUT2D eigenvalue weighted by atomic mass is 10.1. The zero-order valence-electron chi connectivity index (χ0n) is 11.1. The normalized spacial score (nSPS) is 17.2. The van der Waals surface area contributed by atoms with Crippen molar-refractivity contribution in [1.82, 2.24) is 10.6 Å². The van der Waals surface area contributed by atoms with Gasteiger partial charge in [-0.05, 0) is 19.3 Å². The van der Waals surface area contributed by atoms with Crippen LogP contribution in [-0.2, 0) is 14.3 Å². The first-order chi connectivity index (χ1) is 8.92. The van der Waals surface area contributed by atoms with Crippen molar-refractivity contribution in [2.24, 2.45) is 5.92 Å². The summed E-state index contributed by atoms with van der Waals surface area (Å²) in [4.78, 5) is 33.5. The maximum absolute atomic E-state index is 11.6. The molecule has 1 rings (SSSR count). The average molecular weight is 272 g/mol. The Kier molecular flexibility index (Phi) is 5.59. The molecule has 1 aliphatic carbocycles. The lowest BCUT2D eigenvalue weighted by molar-refractivity contribution is -0.147. The highest BCUT2D eigenvalue weighted by molar-refractivity contribution is 5.86. The number of aliphatic carboxylic acids is 1. The van der Waals surface area contributed by atoms with Gasteiger partial charge < -0.3 is 20.5 Å². The quantitative estimate of drug-likeness (QED) is 0.585.